The second-order valence-corrected chi connectivity index (χ2v) is 6.42. The summed E-state index contributed by atoms with van der Waals surface area (Å²) < 4.78 is 2.16. The topological polar surface area (TPSA) is 21.5 Å². The maximum Gasteiger partial charge on any atom is 0.190 e. The monoisotopic (exact) mass is 265 g/mol. The molecule has 0 N–H and O–H groups in total. The second kappa shape index (κ2) is 4.20. The minimum atomic E-state index is 0.0776. The standard InChI is InChI=1S/C18H19NO/c1-12-9-13(18(2,3)4)10-14-11-17(20)15-7-5-6-8-16(15)19(12)14/h5-11H,1-4H3. The Morgan fingerprint density at radius 1 is 1.00 bits per heavy atom. The molecular formula is C18H19NO. The molecule has 0 spiro atoms. The van der Waals surface area contributed by atoms with E-state index >= 15 is 0 Å². The van der Waals surface area contributed by atoms with Gasteiger partial charge in [0.05, 0.1) is 11.0 Å². The SMILES string of the molecule is Cc1cc(C(C)(C)C)cc2cc(=O)c3ccccc3n12. The van der Waals surface area contributed by atoms with Crippen LogP contribution in [0.5, 0.6) is 0 Å². The molecule has 0 aliphatic carbocycles. The van der Waals surface area contributed by atoms with Crippen LogP contribution in [0.1, 0.15) is 32.0 Å². The molecule has 0 amide bonds. The summed E-state index contributed by atoms with van der Waals surface area (Å²) in [7, 11) is 0. The van der Waals surface area contributed by atoms with E-state index in [9.17, 15) is 4.79 Å². The molecule has 1 aromatic carbocycles. The van der Waals surface area contributed by atoms with Crippen molar-refractivity contribution in [1.29, 1.82) is 0 Å². The van der Waals surface area contributed by atoms with Crippen molar-refractivity contribution in [2.45, 2.75) is 33.1 Å². The van der Waals surface area contributed by atoms with E-state index in [2.05, 4.69) is 44.2 Å². The predicted molar refractivity (Wildman–Crippen MR) is 84.6 cm³/mol. The zero-order valence-corrected chi connectivity index (χ0v) is 12.4. The zero-order chi connectivity index (χ0) is 14.5. The predicted octanol–water partition coefficient (Wildman–Crippen LogP) is 4.06. The molecule has 0 saturated heterocycles. The number of rotatable bonds is 0. The fraction of sp³-hybridized carbons (Fsp3) is 0.278. The van der Waals surface area contributed by atoms with Crippen molar-refractivity contribution in [1.82, 2.24) is 4.40 Å². The molecule has 0 aliphatic rings. The van der Waals surface area contributed by atoms with E-state index < -0.39 is 0 Å². The highest BCUT2D eigenvalue weighted by Crippen LogP contribution is 2.26. The molecule has 0 bridgehead atoms. The van der Waals surface area contributed by atoms with Crippen molar-refractivity contribution in [3.05, 3.63) is 63.9 Å². The van der Waals surface area contributed by atoms with Crippen LogP contribution in [0.25, 0.3) is 16.4 Å². The van der Waals surface area contributed by atoms with Crippen molar-refractivity contribution in [3.8, 4) is 0 Å². The second-order valence-electron chi connectivity index (χ2n) is 6.42. The van der Waals surface area contributed by atoms with Crippen LogP contribution in [0, 0.1) is 6.92 Å². The normalized spacial score (nSPS) is 12.2. The van der Waals surface area contributed by atoms with Gasteiger partial charge in [-0.25, -0.2) is 0 Å². The molecule has 2 nitrogen and oxygen atoms in total. The molecule has 0 aliphatic heterocycles. The summed E-state index contributed by atoms with van der Waals surface area (Å²) in [5, 5.41) is 0.775. The largest absolute Gasteiger partial charge is 0.314 e. The van der Waals surface area contributed by atoms with E-state index in [4.69, 9.17) is 0 Å². The highest BCUT2D eigenvalue weighted by atomic mass is 16.1. The minimum Gasteiger partial charge on any atom is -0.314 e. The molecule has 2 aromatic heterocycles. The number of benzene rings is 1. The van der Waals surface area contributed by atoms with Gasteiger partial charge in [0.25, 0.3) is 0 Å². The lowest BCUT2D eigenvalue weighted by atomic mass is 9.87. The van der Waals surface area contributed by atoms with Gasteiger partial charge in [0.15, 0.2) is 5.43 Å². The van der Waals surface area contributed by atoms with Crippen molar-refractivity contribution in [2.75, 3.05) is 0 Å². The van der Waals surface area contributed by atoms with Crippen molar-refractivity contribution in [2.24, 2.45) is 0 Å². The average Bonchev–Trinajstić information content (AvgIpc) is 2.37. The smallest absolute Gasteiger partial charge is 0.190 e. The van der Waals surface area contributed by atoms with E-state index in [1.807, 2.05) is 24.3 Å². The van der Waals surface area contributed by atoms with Gasteiger partial charge < -0.3 is 4.40 Å². The summed E-state index contributed by atoms with van der Waals surface area (Å²) in [6.07, 6.45) is 0. The van der Waals surface area contributed by atoms with Crippen LogP contribution >= 0.6 is 0 Å². The van der Waals surface area contributed by atoms with E-state index in [0.717, 1.165) is 22.1 Å². The summed E-state index contributed by atoms with van der Waals surface area (Å²) in [4.78, 5) is 12.3. The third kappa shape index (κ3) is 1.92. The van der Waals surface area contributed by atoms with Crippen LogP contribution < -0.4 is 5.43 Å². The first-order chi connectivity index (χ1) is 9.38. The van der Waals surface area contributed by atoms with Gasteiger partial charge in [0, 0.05) is 17.1 Å². The number of fused-ring (bicyclic) bond motifs is 3. The number of nitrogens with zero attached hydrogens (tertiary/aromatic N) is 1. The molecular weight excluding hydrogens is 246 g/mol. The van der Waals surface area contributed by atoms with Gasteiger partial charge >= 0.3 is 0 Å². The molecule has 0 fully saturated rings. The summed E-state index contributed by atoms with van der Waals surface area (Å²) in [6.45, 7) is 8.67. The summed E-state index contributed by atoms with van der Waals surface area (Å²) in [5.74, 6) is 0. The molecule has 20 heavy (non-hydrogen) atoms. The molecule has 2 heteroatoms. The minimum absolute atomic E-state index is 0.0776. The van der Waals surface area contributed by atoms with Gasteiger partial charge in [-0.1, -0.05) is 32.9 Å². The molecule has 3 rings (SSSR count). The van der Waals surface area contributed by atoms with Crippen LogP contribution in [0.2, 0.25) is 0 Å². The third-order valence-corrected chi connectivity index (χ3v) is 3.83. The molecule has 2 heterocycles. The molecule has 0 saturated carbocycles. The Bertz CT molecular complexity index is 866. The quantitative estimate of drug-likeness (QED) is 0.562. The first-order valence-electron chi connectivity index (χ1n) is 6.93. The molecule has 0 radical (unpaired) electrons. The van der Waals surface area contributed by atoms with Crippen molar-refractivity contribution >= 4 is 16.4 Å². The Kier molecular flexibility index (Phi) is 2.72. The van der Waals surface area contributed by atoms with Crippen molar-refractivity contribution in [3.63, 3.8) is 0 Å². The average molecular weight is 265 g/mol. The number of aromatic nitrogens is 1. The van der Waals surface area contributed by atoms with Crippen LogP contribution in [0.15, 0.2) is 47.3 Å². The summed E-state index contributed by atoms with van der Waals surface area (Å²) >= 11 is 0. The Hall–Kier alpha value is -2.09. The highest BCUT2D eigenvalue weighted by Gasteiger charge is 2.16. The fourth-order valence-corrected chi connectivity index (χ4v) is 2.72. The molecule has 0 unspecified atom stereocenters. The van der Waals surface area contributed by atoms with Crippen LogP contribution in [0.3, 0.4) is 0 Å². The van der Waals surface area contributed by atoms with Crippen LogP contribution in [-0.4, -0.2) is 4.40 Å². The van der Waals surface area contributed by atoms with Gasteiger partial charge in [-0.3, -0.25) is 4.79 Å². The summed E-state index contributed by atoms with van der Waals surface area (Å²) in [5.41, 5.74) is 4.53. The lowest BCUT2D eigenvalue weighted by Crippen LogP contribution is -2.14. The van der Waals surface area contributed by atoms with E-state index in [0.29, 0.717) is 0 Å². The lowest BCUT2D eigenvalue weighted by molar-refractivity contribution is 0.589. The van der Waals surface area contributed by atoms with Gasteiger partial charge in [-0.2, -0.15) is 0 Å². The Morgan fingerprint density at radius 2 is 1.70 bits per heavy atom. The third-order valence-electron chi connectivity index (χ3n) is 3.83. The fourth-order valence-electron chi connectivity index (χ4n) is 2.72. The van der Waals surface area contributed by atoms with E-state index in [1.54, 1.807) is 6.07 Å². The molecule has 102 valence electrons. The highest BCUT2D eigenvalue weighted by molar-refractivity contribution is 5.82. The molecule has 0 atom stereocenters. The first-order valence-corrected chi connectivity index (χ1v) is 6.93. The van der Waals surface area contributed by atoms with Gasteiger partial charge in [0.2, 0.25) is 0 Å². The zero-order valence-electron chi connectivity index (χ0n) is 12.4. The Labute approximate surface area is 118 Å². The summed E-state index contributed by atoms with van der Waals surface area (Å²) in [6, 6.07) is 13.9. The number of pyridine rings is 2. The van der Waals surface area contributed by atoms with E-state index in [-0.39, 0.29) is 10.8 Å². The van der Waals surface area contributed by atoms with E-state index in [1.165, 1.54) is 5.56 Å². The van der Waals surface area contributed by atoms with Gasteiger partial charge in [0.1, 0.15) is 0 Å². The number of hydrogen-bond donors (Lipinski definition) is 0. The van der Waals surface area contributed by atoms with Crippen molar-refractivity contribution < 1.29 is 0 Å². The van der Waals surface area contributed by atoms with Crippen LogP contribution in [-0.2, 0) is 5.41 Å². The molecule has 3 aromatic rings. The lowest BCUT2D eigenvalue weighted by Gasteiger charge is -2.21. The maximum atomic E-state index is 12.3. The van der Waals surface area contributed by atoms with Gasteiger partial charge in [-0.05, 0) is 42.2 Å². The Morgan fingerprint density at radius 3 is 2.40 bits per heavy atom. The van der Waals surface area contributed by atoms with Gasteiger partial charge in [-0.15, -0.1) is 0 Å². The number of hydrogen-bond acceptors (Lipinski definition) is 1. The maximum absolute atomic E-state index is 12.3. The number of aryl methyl sites for hydroxylation is 1. The van der Waals surface area contributed by atoms with Crippen LogP contribution in [0.4, 0.5) is 0 Å². The number of para-hydroxylation sites is 1. The Balaban J connectivity index is 2.52. The first kappa shape index (κ1) is 12.9.